The molecule has 7 heteroatoms. The lowest BCUT2D eigenvalue weighted by molar-refractivity contribution is -0.128. The monoisotopic (exact) mass is 351 g/mol. The molecule has 3 heterocycles. The summed E-state index contributed by atoms with van der Waals surface area (Å²) in [7, 11) is 0. The molecule has 0 fully saturated rings. The molecule has 26 heavy (non-hydrogen) atoms. The molecule has 3 aromatic rings. The first-order chi connectivity index (χ1) is 12.4. The summed E-state index contributed by atoms with van der Waals surface area (Å²) in [6, 6.07) is 7.19. The van der Waals surface area contributed by atoms with Gasteiger partial charge >= 0.3 is 0 Å². The van der Waals surface area contributed by atoms with Crippen LogP contribution >= 0.6 is 0 Å². The number of nitrogens with zero attached hydrogens (tertiary/aromatic N) is 3. The molecule has 2 N–H and O–H groups in total. The zero-order valence-electron chi connectivity index (χ0n) is 15.0. The van der Waals surface area contributed by atoms with Crippen LogP contribution in [-0.2, 0) is 11.3 Å². The summed E-state index contributed by atoms with van der Waals surface area (Å²) in [5, 5.41) is 5.80. The summed E-state index contributed by atoms with van der Waals surface area (Å²) in [6.45, 7) is 5.98. The van der Waals surface area contributed by atoms with E-state index in [-0.39, 0.29) is 11.5 Å². The van der Waals surface area contributed by atoms with Crippen molar-refractivity contribution in [1.82, 2.24) is 25.1 Å². The van der Waals surface area contributed by atoms with Crippen LogP contribution in [0, 0.1) is 5.41 Å². The molecule has 0 aliphatic rings. The molecule has 7 nitrogen and oxygen atoms in total. The van der Waals surface area contributed by atoms with Crippen molar-refractivity contribution in [3.05, 3.63) is 65.0 Å². The molecular formula is C19H21N5O2. The number of carbonyl (C=O) groups is 1. The lowest BCUT2D eigenvalue weighted by Gasteiger charge is -2.17. The van der Waals surface area contributed by atoms with Crippen molar-refractivity contribution in [1.29, 1.82) is 0 Å². The highest BCUT2D eigenvalue weighted by Crippen LogP contribution is 2.14. The van der Waals surface area contributed by atoms with Gasteiger partial charge in [-0.15, -0.1) is 0 Å². The highest BCUT2D eigenvalue weighted by molar-refractivity contribution is 5.81. The Morgan fingerprint density at radius 1 is 1.23 bits per heavy atom. The van der Waals surface area contributed by atoms with Crippen LogP contribution in [0.4, 0.5) is 0 Å². The summed E-state index contributed by atoms with van der Waals surface area (Å²) in [5.41, 5.74) is 1.50. The van der Waals surface area contributed by atoms with Crippen molar-refractivity contribution < 1.29 is 4.79 Å². The number of aromatic amines is 1. The second kappa shape index (κ2) is 6.95. The van der Waals surface area contributed by atoms with Gasteiger partial charge in [0.15, 0.2) is 5.82 Å². The van der Waals surface area contributed by atoms with Gasteiger partial charge < -0.3 is 5.32 Å². The Bertz CT molecular complexity index is 950. The Morgan fingerprint density at radius 2 is 2.04 bits per heavy atom. The second-order valence-corrected chi connectivity index (χ2v) is 7.03. The number of aromatic nitrogens is 4. The van der Waals surface area contributed by atoms with Crippen LogP contribution in [0.15, 0.2) is 53.8 Å². The molecule has 0 unspecified atom stereocenters. The first kappa shape index (κ1) is 17.6. The number of hydrogen-bond acceptors (Lipinski definition) is 4. The van der Waals surface area contributed by atoms with E-state index in [1.54, 1.807) is 36.9 Å². The summed E-state index contributed by atoms with van der Waals surface area (Å²) >= 11 is 0. The van der Waals surface area contributed by atoms with Gasteiger partial charge in [-0.1, -0.05) is 32.9 Å². The van der Waals surface area contributed by atoms with Crippen molar-refractivity contribution >= 4 is 5.91 Å². The van der Waals surface area contributed by atoms with Crippen LogP contribution in [0.25, 0.3) is 16.9 Å². The topological polar surface area (TPSA) is 92.7 Å². The molecule has 0 aromatic carbocycles. The van der Waals surface area contributed by atoms with Gasteiger partial charge in [0.05, 0.1) is 5.56 Å². The fraction of sp³-hybridized carbons (Fsp3) is 0.263. The minimum absolute atomic E-state index is 0.0247. The molecule has 0 atom stereocenters. The van der Waals surface area contributed by atoms with Crippen LogP contribution < -0.4 is 10.9 Å². The predicted octanol–water partition coefficient (Wildman–Crippen LogP) is 2.28. The second-order valence-electron chi connectivity index (χ2n) is 7.03. The van der Waals surface area contributed by atoms with Crippen LogP contribution in [0.5, 0.6) is 0 Å². The number of hydrogen-bond donors (Lipinski definition) is 2. The number of amides is 1. The third-order valence-electron chi connectivity index (χ3n) is 3.92. The Hall–Kier alpha value is -3.22. The molecule has 0 radical (unpaired) electrons. The first-order valence-corrected chi connectivity index (χ1v) is 8.31. The van der Waals surface area contributed by atoms with E-state index in [1.165, 1.54) is 4.68 Å². The van der Waals surface area contributed by atoms with Gasteiger partial charge in [-0.3, -0.25) is 19.7 Å². The van der Waals surface area contributed by atoms with Gasteiger partial charge in [-0.2, -0.15) is 0 Å². The summed E-state index contributed by atoms with van der Waals surface area (Å²) in [5.74, 6) is 0.458. The van der Waals surface area contributed by atoms with Crippen molar-refractivity contribution in [2.24, 2.45) is 5.41 Å². The molecule has 3 aromatic heterocycles. The Balaban J connectivity index is 1.77. The molecule has 0 aliphatic carbocycles. The Labute approximate surface area is 151 Å². The molecule has 1 amide bonds. The molecule has 0 bridgehead atoms. The maximum atomic E-state index is 12.6. The molecule has 3 rings (SSSR count). The standard InChI is InChI=1S/C19H21N5O2/c1-19(2,3)18(26)22-10-13-6-7-16(21-9-13)24-17(25)15(12-23-24)14-5-4-8-20-11-14/h4-9,11-12,23H,10H2,1-3H3,(H,22,26). The van der Waals surface area contributed by atoms with E-state index in [0.29, 0.717) is 17.9 Å². The van der Waals surface area contributed by atoms with E-state index >= 15 is 0 Å². The smallest absolute Gasteiger partial charge is 0.280 e. The van der Waals surface area contributed by atoms with Crippen LogP contribution in [0.3, 0.4) is 0 Å². The number of carbonyl (C=O) groups excluding carboxylic acids is 1. The van der Waals surface area contributed by atoms with E-state index in [1.807, 2.05) is 32.9 Å². The number of rotatable bonds is 4. The maximum absolute atomic E-state index is 12.6. The molecular weight excluding hydrogens is 330 g/mol. The fourth-order valence-corrected chi connectivity index (χ4v) is 2.37. The van der Waals surface area contributed by atoms with Crippen LogP contribution in [0.1, 0.15) is 26.3 Å². The average Bonchev–Trinajstić information content (AvgIpc) is 3.01. The highest BCUT2D eigenvalue weighted by atomic mass is 16.2. The van der Waals surface area contributed by atoms with Gasteiger partial charge in [0, 0.05) is 42.3 Å². The third kappa shape index (κ3) is 3.72. The predicted molar refractivity (Wildman–Crippen MR) is 98.7 cm³/mol. The third-order valence-corrected chi connectivity index (χ3v) is 3.92. The van der Waals surface area contributed by atoms with Gasteiger partial charge in [0.1, 0.15) is 0 Å². The van der Waals surface area contributed by atoms with Gasteiger partial charge in [-0.05, 0) is 17.7 Å². The van der Waals surface area contributed by atoms with Gasteiger partial charge in [0.25, 0.3) is 5.56 Å². The van der Waals surface area contributed by atoms with Crippen molar-refractivity contribution in [3.63, 3.8) is 0 Å². The minimum Gasteiger partial charge on any atom is -0.352 e. The molecule has 0 aliphatic heterocycles. The minimum atomic E-state index is -0.437. The Morgan fingerprint density at radius 3 is 2.65 bits per heavy atom. The van der Waals surface area contributed by atoms with Gasteiger partial charge in [-0.25, -0.2) is 9.67 Å². The van der Waals surface area contributed by atoms with E-state index in [2.05, 4.69) is 20.4 Å². The average molecular weight is 351 g/mol. The summed E-state index contributed by atoms with van der Waals surface area (Å²) in [6.07, 6.45) is 6.59. The number of pyridine rings is 2. The quantitative estimate of drug-likeness (QED) is 0.754. The summed E-state index contributed by atoms with van der Waals surface area (Å²) in [4.78, 5) is 32.9. The van der Waals surface area contributed by atoms with E-state index in [4.69, 9.17) is 0 Å². The fourth-order valence-electron chi connectivity index (χ4n) is 2.37. The van der Waals surface area contributed by atoms with Crippen LogP contribution in [0.2, 0.25) is 0 Å². The number of H-pyrrole nitrogens is 1. The van der Waals surface area contributed by atoms with Gasteiger partial charge in [0.2, 0.25) is 5.91 Å². The SMILES string of the molecule is CC(C)(C)C(=O)NCc1ccc(-n2[nH]cc(-c3cccnc3)c2=O)nc1. The van der Waals surface area contributed by atoms with E-state index < -0.39 is 5.41 Å². The lowest BCUT2D eigenvalue weighted by atomic mass is 9.96. The zero-order valence-corrected chi connectivity index (χ0v) is 15.0. The normalized spacial score (nSPS) is 11.3. The van der Waals surface area contributed by atoms with Crippen molar-refractivity contribution in [2.75, 3.05) is 0 Å². The van der Waals surface area contributed by atoms with Crippen molar-refractivity contribution in [3.8, 4) is 16.9 Å². The summed E-state index contributed by atoms with van der Waals surface area (Å²) < 4.78 is 1.37. The Kier molecular flexibility index (Phi) is 4.71. The molecule has 0 saturated heterocycles. The van der Waals surface area contributed by atoms with Crippen LogP contribution in [-0.4, -0.2) is 25.7 Å². The number of nitrogens with one attached hydrogen (secondary N) is 2. The van der Waals surface area contributed by atoms with E-state index in [9.17, 15) is 9.59 Å². The zero-order chi connectivity index (χ0) is 18.7. The lowest BCUT2D eigenvalue weighted by Crippen LogP contribution is -2.34. The molecule has 0 spiro atoms. The van der Waals surface area contributed by atoms with Crippen molar-refractivity contribution in [2.45, 2.75) is 27.3 Å². The van der Waals surface area contributed by atoms with E-state index in [0.717, 1.165) is 11.1 Å². The molecule has 134 valence electrons. The first-order valence-electron chi connectivity index (χ1n) is 8.31. The molecule has 0 saturated carbocycles. The highest BCUT2D eigenvalue weighted by Gasteiger charge is 2.20. The maximum Gasteiger partial charge on any atom is 0.280 e. The largest absolute Gasteiger partial charge is 0.352 e.